The average Bonchev–Trinajstić information content (AvgIpc) is 3.37. The topological polar surface area (TPSA) is 93.5 Å². The third-order valence-electron chi connectivity index (χ3n) is 5.11. The fourth-order valence-corrected chi connectivity index (χ4v) is 3.56. The Morgan fingerprint density at radius 1 is 1.25 bits per heavy atom. The van der Waals surface area contributed by atoms with Crippen LogP contribution in [0.5, 0.6) is 5.75 Å². The minimum atomic E-state index is -0.939. The average molecular weight is 385 g/mol. The smallest absolute Gasteiger partial charge is 0.308 e. The first-order valence-electron chi connectivity index (χ1n) is 9.84. The molecule has 1 amide bonds. The molecule has 0 spiro atoms. The minimum Gasteiger partial charge on any atom is -0.494 e. The maximum atomic E-state index is 12.4. The van der Waals surface area contributed by atoms with Crippen molar-refractivity contribution >= 4 is 11.9 Å². The van der Waals surface area contributed by atoms with Gasteiger partial charge in [-0.15, -0.1) is 0 Å². The summed E-state index contributed by atoms with van der Waals surface area (Å²) in [6.45, 7) is 2.55. The number of rotatable bonds is 9. The van der Waals surface area contributed by atoms with Gasteiger partial charge in [-0.3, -0.25) is 14.3 Å². The van der Waals surface area contributed by atoms with Gasteiger partial charge in [0.25, 0.3) is 5.91 Å². The molecule has 1 aromatic heterocycles. The molecular weight excluding hydrogens is 358 g/mol. The van der Waals surface area contributed by atoms with Gasteiger partial charge in [0.1, 0.15) is 11.4 Å². The van der Waals surface area contributed by atoms with Gasteiger partial charge in [0, 0.05) is 12.7 Å². The zero-order valence-corrected chi connectivity index (χ0v) is 16.1. The van der Waals surface area contributed by atoms with Crippen LogP contribution in [0.15, 0.2) is 36.5 Å². The second-order valence-corrected chi connectivity index (χ2v) is 7.15. The molecule has 1 atom stereocenters. The zero-order valence-electron chi connectivity index (χ0n) is 16.1. The molecule has 1 unspecified atom stereocenters. The van der Waals surface area contributed by atoms with Crippen LogP contribution in [0.4, 0.5) is 0 Å². The SMILES string of the molecule is CCOc1ccc(CC(CNC(=O)c2ccn(C3CCCC3)n2)C(=O)O)cc1. The van der Waals surface area contributed by atoms with Gasteiger partial charge in [0.2, 0.25) is 0 Å². The Morgan fingerprint density at radius 2 is 1.96 bits per heavy atom. The Balaban J connectivity index is 1.55. The molecule has 0 radical (unpaired) electrons. The minimum absolute atomic E-state index is 0.0532. The number of carbonyl (C=O) groups is 2. The van der Waals surface area contributed by atoms with Crippen molar-refractivity contribution in [3.8, 4) is 5.75 Å². The molecule has 1 aliphatic carbocycles. The molecule has 7 heteroatoms. The maximum absolute atomic E-state index is 12.4. The van der Waals surface area contributed by atoms with Gasteiger partial charge < -0.3 is 15.2 Å². The summed E-state index contributed by atoms with van der Waals surface area (Å²) in [5.41, 5.74) is 1.22. The fraction of sp³-hybridized carbons (Fsp3) is 0.476. The van der Waals surface area contributed by atoms with Crippen LogP contribution in [0.2, 0.25) is 0 Å². The highest BCUT2D eigenvalue weighted by atomic mass is 16.5. The van der Waals surface area contributed by atoms with Crippen LogP contribution >= 0.6 is 0 Å². The quantitative estimate of drug-likeness (QED) is 0.692. The number of aliphatic carboxylic acids is 1. The Kier molecular flexibility index (Phi) is 6.68. The van der Waals surface area contributed by atoms with Gasteiger partial charge in [-0.2, -0.15) is 5.10 Å². The molecule has 1 saturated carbocycles. The molecule has 2 N–H and O–H groups in total. The summed E-state index contributed by atoms with van der Waals surface area (Å²) >= 11 is 0. The van der Waals surface area contributed by atoms with E-state index in [0.717, 1.165) is 24.2 Å². The first-order chi connectivity index (χ1) is 13.6. The normalized spacial score (nSPS) is 15.3. The highest BCUT2D eigenvalue weighted by molar-refractivity contribution is 5.92. The van der Waals surface area contributed by atoms with E-state index in [0.29, 0.717) is 24.8 Å². The van der Waals surface area contributed by atoms with E-state index < -0.39 is 11.9 Å². The van der Waals surface area contributed by atoms with Crippen LogP contribution in [0.25, 0.3) is 0 Å². The van der Waals surface area contributed by atoms with E-state index in [4.69, 9.17) is 4.74 Å². The monoisotopic (exact) mass is 385 g/mol. The van der Waals surface area contributed by atoms with Crippen molar-refractivity contribution in [1.82, 2.24) is 15.1 Å². The van der Waals surface area contributed by atoms with E-state index in [1.807, 2.05) is 42.1 Å². The van der Waals surface area contributed by atoms with Crippen molar-refractivity contribution in [2.75, 3.05) is 13.2 Å². The van der Waals surface area contributed by atoms with Crippen LogP contribution in [0, 0.1) is 5.92 Å². The van der Waals surface area contributed by atoms with E-state index in [1.165, 1.54) is 12.8 Å². The molecule has 0 bridgehead atoms. The van der Waals surface area contributed by atoms with Gasteiger partial charge in [-0.25, -0.2) is 0 Å². The highest BCUT2D eigenvalue weighted by Crippen LogP contribution is 2.28. The largest absolute Gasteiger partial charge is 0.494 e. The van der Waals surface area contributed by atoms with Crippen LogP contribution < -0.4 is 10.1 Å². The predicted molar refractivity (Wildman–Crippen MR) is 105 cm³/mol. The van der Waals surface area contributed by atoms with E-state index >= 15 is 0 Å². The highest BCUT2D eigenvalue weighted by Gasteiger charge is 2.22. The fourth-order valence-electron chi connectivity index (χ4n) is 3.56. The lowest BCUT2D eigenvalue weighted by Crippen LogP contribution is -2.34. The number of amides is 1. The third-order valence-corrected chi connectivity index (χ3v) is 5.11. The summed E-state index contributed by atoms with van der Waals surface area (Å²) in [4.78, 5) is 24.0. The number of carboxylic acid groups (broad SMARTS) is 1. The van der Waals surface area contributed by atoms with Gasteiger partial charge in [0.05, 0.1) is 18.6 Å². The first kappa shape index (κ1) is 19.9. The van der Waals surface area contributed by atoms with Gasteiger partial charge >= 0.3 is 5.97 Å². The molecule has 1 aliphatic rings. The van der Waals surface area contributed by atoms with Crippen LogP contribution in [0.1, 0.15) is 54.7 Å². The van der Waals surface area contributed by atoms with E-state index in [1.54, 1.807) is 6.07 Å². The van der Waals surface area contributed by atoms with Crippen molar-refractivity contribution in [3.05, 3.63) is 47.8 Å². The van der Waals surface area contributed by atoms with Crippen LogP contribution in [-0.4, -0.2) is 39.9 Å². The lowest BCUT2D eigenvalue weighted by Gasteiger charge is -2.14. The molecule has 0 aliphatic heterocycles. The van der Waals surface area contributed by atoms with Gasteiger partial charge in [-0.1, -0.05) is 25.0 Å². The summed E-state index contributed by atoms with van der Waals surface area (Å²) in [6.07, 6.45) is 6.73. The number of hydrogen-bond acceptors (Lipinski definition) is 4. The van der Waals surface area contributed by atoms with Crippen molar-refractivity contribution in [2.45, 2.75) is 45.1 Å². The number of benzene rings is 1. The molecule has 1 aromatic carbocycles. The molecule has 7 nitrogen and oxygen atoms in total. The maximum Gasteiger partial charge on any atom is 0.308 e. The lowest BCUT2D eigenvalue weighted by atomic mass is 9.99. The molecule has 1 heterocycles. The summed E-state index contributed by atoms with van der Waals surface area (Å²) in [5, 5.41) is 16.6. The molecule has 1 fully saturated rings. The molecule has 0 saturated heterocycles. The second kappa shape index (κ2) is 9.39. The molecular formula is C21H27N3O4. The Labute approximate surface area is 164 Å². The van der Waals surface area contributed by atoms with Gasteiger partial charge in [-0.05, 0) is 49.9 Å². The summed E-state index contributed by atoms with van der Waals surface area (Å²) in [7, 11) is 0. The zero-order chi connectivity index (χ0) is 19.9. The summed E-state index contributed by atoms with van der Waals surface area (Å²) in [6, 6.07) is 9.42. The first-order valence-corrected chi connectivity index (χ1v) is 9.84. The molecule has 150 valence electrons. The Bertz CT molecular complexity index is 794. The summed E-state index contributed by atoms with van der Waals surface area (Å²) in [5.74, 6) is -1.23. The third kappa shape index (κ3) is 5.12. The lowest BCUT2D eigenvalue weighted by molar-refractivity contribution is -0.141. The Hall–Kier alpha value is -2.83. The predicted octanol–water partition coefficient (Wildman–Crippen LogP) is 3.07. The van der Waals surface area contributed by atoms with E-state index in [2.05, 4.69) is 10.4 Å². The summed E-state index contributed by atoms with van der Waals surface area (Å²) < 4.78 is 7.26. The van der Waals surface area contributed by atoms with Crippen molar-refractivity contribution in [3.63, 3.8) is 0 Å². The number of carbonyl (C=O) groups excluding carboxylic acids is 1. The number of hydrogen-bond donors (Lipinski definition) is 2. The Morgan fingerprint density at radius 3 is 2.61 bits per heavy atom. The number of ether oxygens (including phenoxy) is 1. The van der Waals surface area contributed by atoms with Crippen LogP contribution in [0.3, 0.4) is 0 Å². The van der Waals surface area contributed by atoms with E-state index in [-0.39, 0.29) is 12.5 Å². The van der Waals surface area contributed by atoms with Gasteiger partial charge in [0.15, 0.2) is 0 Å². The molecule has 3 rings (SSSR count). The van der Waals surface area contributed by atoms with E-state index in [9.17, 15) is 14.7 Å². The van der Waals surface area contributed by atoms with Crippen molar-refractivity contribution < 1.29 is 19.4 Å². The van der Waals surface area contributed by atoms with Crippen molar-refractivity contribution in [2.24, 2.45) is 5.92 Å². The number of aromatic nitrogens is 2. The van der Waals surface area contributed by atoms with Crippen LogP contribution in [-0.2, 0) is 11.2 Å². The number of nitrogens with zero attached hydrogens (tertiary/aromatic N) is 2. The second-order valence-electron chi connectivity index (χ2n) is 7.15. The number of nitrogens with one attached hydrogen (secondary N) is 1. The molecule has 2 aromatic rings. The number of carboxylic acids is 1. The van der Waals surface area contributed by atoms with Crippen molar-refractivity contribution in [1.29, 1.82) is 0 Å². The molecule has 28 heavy (non-hydrogen) atoms. The standard InChI is InChI=1S/C21H27N3O4/c1-2-28-18-9-7-15(8-10-18)13-16(21(26)27)14-22-20(25)19-11-12-24(23-19)17-5-3-4-6-17/h7-12,16-17H,2-6,13-14H2,1H3,(H,22,25)(H,26,27).